The Kier molecular flexibility index (Phi) is 43.6. The molecule has 0 aromatic heterocycles. The number of rotatable bonds is 45. The third-order valence-electron chi connectivity index (χ3n) is 8.10. The predicted molar refractivity (Wildman–Crippen MR) is 201 cm³/mol. The molecule has 1 amide bonds. The monoisotopic (exact) mass is 736 g/mol. The molecule has 0 saturated carbocycles. The smallest absolute Gasteiger partial charge is 0.303 e. The van der Waals surface area contributed by atoms with Crippen LogP contribution in [0.15, 0.2) is 0 Å². The summed E-state index contributed by atoms with van der Waals surface area (Å²) in [6, 6.07) is 0. The van der Waals surface area contributed by atoms with Gasteiger partial charge in [0.25, 0.3) is 0 Å². The van der Waals surface area contributed by atoms with Gasteiger partial charge in [-0.2, -0.15) is 0 Å². The van der Waals surface area contributed by atoms with Crippen LogP contribution in [0.5, 0.6) is 0 Å². The van der Waals surface area contributed by atoms with Crippen molar-refractivity contribution in [2.24, 2.45) is 0 Å². The van der Waals surface area contributed by atoms with Crippen LogP contribution < -0.4 is 5.32 Å². The van der Waals surface area contributed by atoms with E-state index in [0.717, 1.165) is 13.0 Å². The van der Waals surface area contributed by atoms with Crippen LogP contribution in [0, 0.1) is 0 Å². The van der Waals surface area contributed by atoms with Gasteiger partial charge in [-0.05, 0) is 12.8 Å². The molecule has 0 aliphatic heterocycles. The topological polar surface area (TPSA) is 140 Å². The number of carbonyl (C=O) groups excluding carboxylic acids is 1. The molecule has 0 aromatic carbocycles. The summed E-state index contributed by atoms with van der Waals surface area (Å²) in [4.78, 5) is 21.8. The number of ether oxygens (including phenoxy) is 8. The molecule has 0 fully saturated rings. The number of nitrogens with one attached hydrogen (secondary N) is 1. The lowest BCUT2D eigenvalue weighted by atomic mass is 10.0. The van der Waals surface area contributed by atoms with Crippen molar-refractivity contribution in [2.75, 3.05) is 112 Å². The zero-order chi connectivity index (χ0) is 37.0. The quantitative estimate of drug-likeness (QED) is 0.0642. The van der Waals surface area contributed by atoms with Gasteiger partial charge in [0, 0.05) is 26.2 Å². The first-order valence-electron chi connectivity index (χ1n) is 20.3. The number of carboxylic acids is 1. The minimum absolute atomic E-state index is 0.00353. The summed E-state index contributed by atoms with van der Waals surface area (Å²) in [5.41, 5.74) is 0. The maximum absolute atomic E-state index is 11.4. The van der Waals surface area contributed by atoms with Crippen molar-refractivity contribution >= 4 is 11.9 Å². The second-order valence-corrected chi connectivity index (χ2v) is 12.8. The molecule has 0 rings (SSSR count). The second kappa shape index (κ2) is 44.8. The number of hydrogen-bond acceptors (Lipinski definition) is 10. The lowest BCUT2D eigenvalue weighted by molar-refractivity contribution is -0.138. The van der Waals surface area contributed by atoms with Crippen molar-refractivity contribution in [3.05, 3.63) is 0 Å². The summed E-state index contributed by atoms with van der Waals surface area (Å²) < 4.78 is 44.1. The third-order valence-corrected chi connectivity index (χ3v) is 8.10. The van der Waals surface area contributed by atoms with E-state index in [1.54, 1.807) is 0 Å². The number of aliphatic carboxylic acids is 1. The summed E-state index contributed by atoms with van der Waals surface area (Å²) in [5.74, 6) is -1.24. The van der Waals surface area contributed by atoms with E-state index in [4.69, 9.17) is 43.0 Å². The molecule has 0 aliphatic carbocycles. The molecule has 0 atom stereocenters. The van der Waals surface area contributed by atoms with Gasteiger partial charge in [0.15, 0.2) is 0 Å². The van der Waals surface area contributed by atoms with Gasteiger partial charge in [-0.3, -0.25) is 9.59 Å². The zero-order valence-electron chi connectivity index (χ0n) is 32.5. The number of hydrogen-bond donors (Lipinski definition) is 2. The van der Waals surface area contributed by atoms with Gasteiger partial charge >= 0.3 is 5.97 Å². The number of carboxylic acid groups (broad SMARTS) is 1. The van der Waals surface area contributed by atoms with Crippen molar-refractivity contribution < 1.29 is 52.6 Å². The van der Waals surface area contributed by atoms with Crippen LogP contribution in [0.1, 0.15) is 129 Å². The van der Waals surface area contributed by atoms with Crippen molar-refractivity contribution in [2.45, 2.75) is 129 Å². The number of carbonyl (C=O) groups is 2. The molecule has 0 aromatic rings. The highest BCUT2D eigenvalue weighted by Crippen LogP contribution is 2.13. The van der Waals surface area contributed by atoms with Gasteiger partial charge < -0.3 is 48.3 Å². The summed E-state index contributed by atoms with van der Waals surface area (Å²) in [6.45, 7) is 11.4. The Hall–Kier alpha value is -1.38. The average Bonchev–Trinajstić information content (AvgIpc) is 3.12. The van der Waals surface area contributed by atoms with E-state index in [1.807, 2.05) is 0 Å². The first-order valence-corrected chi connectivity index (χ1v) is 20.3. The number of unbranched alkanes of at least 4 members (excludes halogenated alkanes) is 15. The third kappa shape index (κ3) is 46.6. The summed E-state index contributed by atoms with van der Waals surface area (Å²) in [7, 11) is 0. The molecule has 0 aliphatic rings. The first-order chi connectivity index (χ1) is 25.2. The van der Waals surface area contributed by atoms with Gasteiger partial charge in [0.2, 0.25) is 5.91 Å². The minimum atomic E-state index is -0.977. The SMILES string of the molecule is CCCCCCCCCCCCCCCCCCOCCOCCOCCOCCOCCOCCOCCOCCCNC(=O)CCC(=O)O. The Morgan fingerprint density at radius 2 is 0.647 bits per heavy atom. The first kappa shape index (κ1) is 49.6. The molecule has 2 N–H and O–H groups in total. The average molecular weight is 736 g/mol. The van der Waals surface area contributed by atoms with Crippen LogP contribution in [0.3, 0.4) is 0 Å². The van der Waals surface area contributed by atoms with Gasteiger partial charge in [-0.15, -0.1) is 0 Å². The fourth-order valence-electron chi connectivity index (χ4n) is 5.10. The largest absolute Gasteiger partial charge is 0.481 e. The number of amides is 1. The molecule has 0 radical (unpaired) electrons. The van der Waals surface area contributed by atoms with Gasteiger partial charge in [0.1, 0.15) is 0 Å². The Morgan fingerprint density at radius 1 is 0.373 bits per heavy atom. The lowest BCUT2D eigenvalue weighted by Crippen LogP contribution is -2.25. The molecule has 0 bridgehead atoms. The van der Waals surface area contributed by atoms with Crippen LogP contribution in [-0.2, 0) is 47.5 Å². The maximum atomic E-state index is 11.4. The van der Waals surface area contributed by atoms with Crippen molar-refractivity contribution in [1.29, 1.82) is 0 Å². The molecule has 12 nitrogen and oxygen atoms in total. The van der Waals surface area contributed by atoms with E-state index in [1.165, 1.54) is 96.3 Å². The highest BCUT2D eigenvalue weighted by molar-refractivity contribution is 5.80. The van der Waals surface area contributed by atoms with E-state index < -0.39 is 5.97 Å². The van der Waals surface area contributed by atoms with Gasteiger partial charge in [-0.25, -0.2) is 0 Å². The van der Waals surface area contributed by atoms with E-state index in [9.17, 15) is 9.59 Å². The molecule has 12 heteroatoms. The van der Waals surface area contributed by atoms with E-state index >= 15 is 0 Å². The molecular formula is C39H77NO11. The fraction of sp³-hybridized carbons (Fsp3) is 0.949. The molecule has 0 unspecified atom stereocenters. The zero-order valence-corrected chi connectivity index (χ0v) is 32.5. The van der Waals surface area contributed by atoms with Gasteiger partial charge in [-0.1, -0.05) is 103 Å². The molecule has 0 saturated heterocycles. The van der Waals surface area contributed by atoms with Crippen molar-refractivity contribution in [1.82, 2.24) is 5.32 Å². The second-order valence-electron chi connectivity index (χ2n) is 12.8. The normalized spacial score (nSPS) is 11.4. The van der Waals surface area contributed by atoms with Crippen molar-refractivity contribution in [3.8, 4) is 0 Å². The molecule has 0 heterocycles. The lowest BCUT2D eigenvalue weighted by Gasteiger charge is -2.09. The van der Waals surface area contributed by atoms with Crippen molar-refractivity contribution in [3.63, 3.8) is 0 Å². The van der Waals surface area contributed by atoms with Crippen LogP contribution in [0.4, 0.5) is 0 Å². The predicted octanol–water partition coefficient (Wildman–Crippen LogP) is 6.75. The van der Waals surface area contributed by atoms with E-state index in [-0.39, 0.29) is 18.7 Å². The Balaban J connectivity index is 3.08. The Morgan fingerprint density at radius 3 is 0.961 bits per heavy atom. The van der Waals surface area contributed by atoms with E-state index in [2.05, 4.69) is 12.2 Å². The molecule has 51 heavy (non-hydrogen) atoms. The highest BCUT2D eigenvalue weighted by atomic mass is 16.6. The molecular weight excluding hydrogens is 658 g/mol. The van der Waals surface area contributed by atoms with Crippen LogP contribution in [0.2, 0.25) is 0 Å². The highest BCUT2D eigenvalue weighted by Gasteiger charge is 2.04. The van der Waals surface area contributed by atoms with Gasteiger partial charge in [0.05, 0.1) is 98.9 Å². The van der Waals surface area contributed by atoms with Crippen LogP contribution in [-0.4, -0.2) is 129 Å². The summed E-state index contributed by atoms with van der Waals surface area (Å²) >= 11 is 0. The molecule has 304 valence electrons. The standard InChI is InChI=1S/C39H77NO11/c1-2-3-4-5-6-7-8-9-10-11-12-13-14-15-16-17-22-44-24-26-46-28-30-48-32-34-50-36-37-51-35-33-49-31-29-47-27-25-45-23-18-21-40-38(41)19-20-39(42)43/h2-37H2,1H3,(H,40,41)(H,42,43). The Labute approximate surface area is 310 Å². The molecule has 0 spiro atoms. The fourth-order valence-corrected chi connectivity index (χ4v) is 5.10. The van der Waals surface area contributed by atoms with Crippen LogP contribution >= 0.6 is 0 Å². The maximum Gasteiger partial charge on any atom is 0.303 e. The van der Waals surface area contributed by atoms with Crippen LogP contribution in [0.25, 0.3) is 0 Å². The van der Waals surface area contributed by atoms with E-state index in [0.29, 0.717) is 112 Å². The summed E-state index contributed by atoms with van der Waals surface area (Å²) in [6.07, 6.45) is 22.6. The minimum Gasteiger partial charge on any atom is -0.481 e. The Bertz CT molecular complexity index is 702. The summed E-state index contributed by atoms with van der Waals surface area (Å²) in [5, 5.41) is 11.2.